The lowest BCUT2D eigenvalue weighted by Gasteiger charge is -2.16. The maximum Gasteiger partial charge on any atom is 0.573 e. The fourth-order valence-corrected chi connectivity index (χ4v) is 1.65. The van der Waals surface area contributed by atoms with Crippen molar-refractivity contribution >= 4 is 11.9 Å². The maximum absolute atomic E-state index is 12.4. The van der Waals surface area contributed by atoms with Crippen molar-refractivity contribution in [1.29, 1.82) is 0 Å². The molecule has 122 valence electrons. The van der Waals surface area contributed by atoms with Crippen molar-refractivity contribution in [2.24, 2.45) is 0 Å². The smallest absolute Gasteiger partial charge is 0.479 e. The second-order valence-corrected chi connectivity index (χ2v) is 4.24. The van der Waals surface area contributed by atoms with Gasteiger partial charge in [-0.1, -0.05) is 12.1 Å². The third-order valence-corrected chi connectivity index (χ3v) is 2.68. The molecule has 0 aliphatic carbocycles. The molecule has 2 N–H and O–H groups in total. The topological polar surface area (TPSA) is 93.1 Å². The van der Waals surface area contributed by atoms with Gasteiger partial charge in [0.05, 0.1) is 7.11 Å². The molecule has 1 aromatic carbocycles. The third-order valence-electron chi connectivity index (χ3n) is 2.68. The summed E-state index contributed by atoms with van der Waals surface area (Å²) in [6.45, 7) is 0. The summed E-state index contributed by atoms with van der Waals surface area (Å²) in [7, 11) is 1.17. The number of hydrogen-bond donors (Lipinski definition) is 2. The number of aliphatic hydroxyl groups excluding tert-OH is 1. The molecule has 0 spiro atoms. The zero-order valence-electron chi connectivity index (χ0n) is 11.4. The van der Waals surface area contributed by atoms with Crippen molar-refractivity contribution in [2.75, 3.05) is 7.11 Å². The first kappa shape index (κ1) is 17.8. The number of hydrogen-bond acceptors (Lipinski definition) is 5. The van der Waals surface area contributed by atoms with E-state index in [0.29, 0.717) is 5.56 Å². The molecular formula is C13H13F3O6. The highest BCUT2D eigenvalue weighted by atomic mass is 19.4. The molecular weight excluding hydrogens is 309 g/mol. The van der Waals surface area contributed by atoms with Crippen LogP contribution in [0.2, 0.25) is 0 Å². The van der Waals surface area contributed by atoms with E-state index in [1.807, 2.05) is 0 Å². The van der Waals surface area contributed by atoms with E-state index in [4.69, 9.17) is 5.11 Å². The molecule has 0 aliphatic rings. The van der Waals surface area contributed by atoms with Crippen LogP contribution in [-0.2, 0) is 20.7 Å². The minimum atomic E-state index is -5.05. The molecule has 0 bridgehead atoms. The van der Waals surface area contributed by atoms with Crippen LogP contribution in [0.4, 0.5) is 13.2 Å². The van der Waals surface area contributed by atoms with Crippen LogP contribution in [0.25, 0.3) is 0 Å². The number of aliphatic carboxylic acids is 1. The molecule has 22 heavy (non-hydrogen) atoms. The van der Waals surface area contributed by atoms with Gasteiger partial charge in [0.2, 0.25) is 0 Å². The minimum Gasteiger partial charge on any atom is -0.479 e. The number of aryl methyl sites for hydroxylation is 1. The summed E-state index contributed by atoms with van der Waals surface area (Å²) in [4.78, 5) is 21.7. The Bertz CT molecular complexity index is 555. The number of rotatable bonds is 6. The monoisotopic (exact) mass is 322 g/mol. The van der Waals surface area contributed by atoms with Crippen LogP contribution in [0.15, 0.2) is 18.2 Å². The van der Waals surface area contributed by atoms with Crippen molar-refractivity contribution in [3.8, 4) is 5.75 Å². The summed E-state index contributed by atoms with van der Waals surface area (Å²) in [5.74, 6) is -3.09. The minimum absolute atomic E-state index is 0.0667. The van der Waals surface area contributed by atoms with Crippen LogP contribution in [0.3, 0.4) is 0 Å². The fraction of sp³-hybridized carbons (Fsp3) is 0.385. The normalized spacial score (nSPS) is 12.6. The Balaban J connectivity index is 3.08. The Labute approximate surface area is 123 Å². The summed E-state index contributed by atoms with van der Waals surface area (Å²) in [5.41, 5.74) is -0.238. The van der Waals surface area contributed by atoms with E-state index in [1.165, 1.54) is 13.2 Å². The Morgan fingerprint density at radius 3 is 2.45 bits per heavy atom. The number of alkyl halides is 3. The van der Waals surface area contributed by atoms with Gasteiger partial charge < -0.3 is 19.7 Å². The third kappa shape index (κ3) is 5.24. The molecule has 0 saturated carbocycles. The predicted octanol–water partition coefficient (Wildman–Crippen LogP) is 1.81. The van der Waals surface area contributed by atoms with Crippen LogP contribution in [-0.4, -0.2) is 35.6 Å². The molecule has 1 unspecified atom stereocenters. The molecule has 0 aliphatic heterocycles. The molecule has 0 amide bonds. The van der Waals surface area contributed by atoms with Gasteiger partial charge in [0.15, 0.2) is 6.10 Å². The predicted molar refractivity (Wildman–Crippen MR) is 66.1 cm³/mol. The van der Waals surface area contributed by atoms with Crippen LogP contribution >= 0.6 is 0 Å². The van der Waals surface area contributed by atoms with Gasteiger partial charge in [-0.2, -0.15) is 0 Å². The van der Waals surface area contributed by atoms with E-state index in [9.17, 15) is 27.9 Å². The van der Waals surface area contributed by atoms with Gasteiger partial charge in [0.1, 0.15) is 5.75 Å². The number of benzene rings is 1. The second-order valence-electron chi connectivity index (χ2n) is 4.24. The average Bonchev–Trinajstić information content (AvgIpc) is 2.42. The van der Waals surface area contributed by atoms with E-state index in [-0.39, 0.29) is 12.8 Å². The van der Waals surface area contributed by atoms with Gasteiger partial charge in [-0.25, -0.2) is 4.79 Å². The van der Waals surface area contributed by atoms with E-state index in [2.05, 4.69) is 9.47 Å². The summed E-state index contributed by atoms with van der Waals surface area (Å²) in [6, 6.07) is 3.23. The largest absolute Gasteiger partial charge is 0.573 e. The van der Waals surface area contributed by atoms with Crippen LogP contribution in [0, 0.1) is 0 Å². The number of carbonyl (C=O) groups excluding carboxylic acids is 1. The number of carbonyl (C=O) groups is 2. The Morgan fingerprint density at radius 1 is 1.32 bits per heavy atom. The lowest BCUT2D eigenvalue weighted by atomic mass is 10.0. The highest BCUT2D eigenvalue weighted by molar-refractivity contribution is 5.75. The van der Waals surface area contributed by atoms with Gasteiger partial charge in [-0.05, 0) is 18.1 Å². The van der Waals surface area contributed by atoms with Crippen molar-refractivity contribution < 1.29 is 42.4 Å². The second kappa shape index (κ2) is 7.12. The van der Waals surface area contributed by atoms with Gasteiger partial charge in [-0.15, -0.1) is 13.2 Å². The number of aliphatic hydroxyl groups is 1. The SMILES string of the molecule is COC(=O)CCc1ccc(C(O)C(=O)O)c(OC(F)(F)F)c1. The first-order valence-corrected chi connectivity index (χ1v) is 6.00. The van der Waals surface area contributed by atoms with E-state index in [1.54, 1.807) is 0 Å². The zero-order valence-corrected chi connectivity index (χ0v) is 11.4. The van der Waals surface area contributed by atoms with E-state index >= 15 is 0 Å². The number of carboxylic acid groups (broad SMARTS) is 1. The highest BCUT2D eigenvalue weighted by Crippen LogP contribution is 2.32. The molecule has 0 aromatic heterocycles. The Kier molecular flexibility index (Phi) is 5.75. The van der Waals surface area contributed by atoms with Crippen molar-refractivity contribution in [1.82, 2.24) is 0 Å². The van der Waals surface area contributed by atoms with Crippen LogP contribution in [0.5, 0.6) is 5.75 Å². The summed E-state index contributed by atoms with van der Waals surface area (Å²) in [5, 5.41) is 18.1. The van der Waals surface area contributed by atoms with Crippen LogP contribution < -0.4 is 4.74 Å². The standard InChI is InChI=1S/C13H13F3O6/c1-21-10(17)5-3-7-2-4-8(11(18)12(19)20)9(6-7)22-13(14,15)16/h2,4,6,11,18H,3,5H2,1H3,(H,19,20). The lowest BCUT2D eigenvalue weighted by molar-refractivity contribution is -0.275. The molecule has 6 nitrogen and oxygen atoms in total. The number of halogens is 3. The van der Waals surface area contributed by atoms with Gasteiger partial charge in [0.25, 0.3) is 0 Å². The first-order valence-electron chi connectivity index (χ1n) is 6.00. The molecule has 0 heterocycles. The number of ether oxygens (including phenoxy) is 2. The van der Waals surface area contributed by atoms with Crippen molar-refractivity contribution in [3.05, 3.63) is 29.3 Å². The Hall–Kier alpha value is -2.29. The molecule has 9 heteroatoms. The van der Waals surface area contributed by atoms with Gasteiger partial charge in [0, 0.05) is 12.0 Å². The molecule has 0 fully saturated rings. The van der Waals surface area contributed by atoms with E-state index in [0.717, 1.165) is 12.1 Å². The van der Waals surface area contributed by atoms with Crippen molar-refractivity contribution in [2.45, 2.75) is 25.3 Å². The summed E-state index contributed by atoms with van der Waals surface area (Å²) in [6.07, 6.45) is -7.20. The maximum atomic E-state index is 12.4. The molecule has 0 saturated heterocycles. The molecule has 1 atom stereocenters. The number of esters is 1. The number of methoxy groups -OCH3 is 1. The molecule has 1 aromatic rings. The lowest BCUT2D eigenvalue weighted by Crippen LogP contribution is -2.20. The number of carboxylic acids is 1. The average molecular weight is 322 g/mol. The molecule has 1 rings (SSSR count). The Morgan fingerprint density at radius 2 is 1.95 bits per heavy atom. The van der Waals surface area contributed by atoms with Crippen molar-refractivity contribution in [3.63, 3.8) is 0 Å². The summed E-state index contributed by atoms with van der Waals surface area (Å²) < 4.78 is 45.2. The van der Waals surface area contributed by atoms with Crippen LogP contribution in [0.1, 0.15) is 23.7 Å². The first-order chi connectivity index (χ1) is 10.1. The fourth-order valence-electron chi connectivity index (χ4n) is 1.65. The van der Waals surface area contributed by atoms with Gasteiger partial charge in [-0.3, -0.25) is 4.79 Å². The van der Waals surface area contributed by atoms with E-state index < -0.39 is 35.7 Å². The zero-order chi connectivity index (χ0) is 16.9. The van der Waals surface area contributed by atoms with Gasteiger partial charge >= 0.3 is 18.3 Å². The summed E-state index contributed by atoms with van der Waals surface area (Å²) >= 11 is 0. The molecule has 0 radical (unpaired) electrons. The quantitative estimate of drug-likeness (QED) is 0.776. The highest BCUT2D eigenvalue weighted by Gasteiger charge is 2.34.